The van der Waals surface area contributed by atoms with Gasteiger partial charge in [0.2, 0.25) is 0 Å². The second-order valence-electron chi connectivity index (χ2n) is 4.72. The number of nitrogens with zero attached hydrogens (tertiary/aromatic N) is 1. The maximum absolute atomic E-state index is 11.1. The monoisotopic (exact) mass is 210 g/mol. The molecular weight excluding hydrogens is 192 g/mol. The van der Waals surface area contributed by atoms with Crippen molar-refractivity contribution in [3.63, 3.8) is 0 Å². The summed E-state index contributed by atoms with van der Waals surface area (Å²) in [7, 11) is 1.77. The highest BCUT2D eigenvalue weighted by molar-refractivity contribution is 5.88. The molecule has 0 saturated heterocycles. The Morgan fingerprint density at radius 3 is 2.33 bits per heavy atom. The van der Waals surface area contributed by atoms with Crippen molar-refractivity contribution in [2.75, 3.05) is 0 Å². The molecule has 15 heavy (non-hydrogen) atoms. The van der Waals surface area contributed by atoms with E-state index < -0.39 is 5.97 Å². The quantitative estimate of drug-likeness (QED) is 0.776. The van der Waals surface area contributed by atoms with Gasteiger partial charge in [0.1, 0.15) is 5.69 Å². The average molecular weight is 210 g/mol. The molecule has 1 aromatic heterocycles. The molecule has 0 spiro atoms. The van der Waals surface area contributed by atoms with Crippen molar-refractivity contribution in [3.8, 4) is 0 Å². The van der Waals surface area contributed by atoms with Gasteiger partial charge in [0.15, 0.2) is 0 Å². The molecule has 0 fully saturated rings. The first kappa shape index (κ1) is 11.8. The van der Waals surface area contributed by atoms with E-state index in [9.17, 15) is 4.79 Å². The van der Waals surface area contributed by atoms with E-state index in [1.165, 1.54) is 0 Å². The Balaban J connectivity index is 3.41. The molecule has 0 aliphatic carbocycles. The molecule has 0 unspecified atom stereocenters. The van der Waals surface area contributed by atoms with Crippen LogP contribution in [0.1, 0.15) is 42.5 Å². The van der Waals surface area contributed by atoms with Crippen LogP contribution in [0.3, 0.4) is 0 Å². The van der Waals surface area contributed by atoms with Crippen molar-refractivity contribution < 1.29 is 9.90 Å². The number of carboxylic acid groups (broad SMARTS) is 1. The van der Waals surface area contributed by atoms with Crippen LogP contribution in [-0.4, -0.2) is 15.6 Å². The van der Waals surface area contributed by atoms with E-state index in [4.69, 9.17) is 10.8 Å². The molecule has 1 aromatic rings. The topological polar surface area (TPSA) is 68.2 Å². The number of aromatic carboxylic acids is 1. The number of aromatic nitrogens is 1. The number of carboxylic acids is 1. The first-order valence-electron chi connectivity index (χ1n) is 4.91. The lowest BCUT2D eigenvalue weighted by Gasteiger charge is -2.19. The summed E-state index contributed by atoms with van der Waals surface area (Å²) in [4.78, 5) is 11.1. The van der Waals surface area contributed by atoms with Gasteiger partial charge in [-0.2, -0.15) is 0 Å². The third-order valence-corrected chi connectivity index (χ3v) is 2.50. The molecule has 0 radical (unpaired) electrons. The zero-order chi connectivity index (χ0) is 11.8. The summed E-state index contributed by atoms with van der Waals surface area (Å²) < 4.78 is 1.71. The molecule has 84 valence electrons. The first-order valence-corrected chi connectivity index (χ1v) is 4.91. The van der Waals surface area contributed by atoms with Crippen LogP contribution in [0.15, 0.2) is 6.07 Å². The normalized spacial score (nSPS) is 11.8. The lowest BCUT2D eigenvalue weighted by atomic mass is 9.92. The lowest BCUT2D eigenvalue weighted by Crippen LogP contribution is -2.18. The van der Waals surface area contributed by atoms with E-state index in [1.807, 2.05) is 26.8 Å². The predicted octanol–water partition coefficient (Wildman–Crippen LogP) is 1.48. The Kier molecular flexibility index (Phi) is 2.90. The van der Waals surface area contributed by atoms with Gasteiger partial charge in [0.05, 0.1) is 0 Å². The summed E-state index contributed by atoms with van der Waals surface area (Å²) in [5.74, 6) is -0.923. The maximum Gasteiger partial charge on any atom is 0.352 e. The second kappa shape index (κ2) is 3.70. The first-order chi connectivity index (χ1) is 6.79. The molecule has 1 heterocycles. The minimum atomic E-state index is -0.923. The molecule has 0 bridgehead atoms. The molecule has 4 heteroatoms. The van der Waals surface area contributed by atoms with Crippen molar-refractivity contribution >= 4 is 5.97 Å². The molecular formula is C11H18N2O2. The van der Waals surface area contributed by atoms with Gasteiger partial charge in [-0.25, -0.2) is 4.79 Å². The number of hydrogen-bond acceptors (Lipinski definition) is 2. The smallest absolute Gasteiger partial charge is 0.352 e. The highest BCUT2D eigenvalue weighted by Gasteiger charge is 2.24. The van der Waals surface area contributed by atoms with Crippen LogP contribution in [0.4, 0.5) is 0 Å². The number of nitrogens with two attached hydrogens (primary N) is 1. The number of hydrogen-bond donors (Lipinski definition) is 2. The molecule has 0 atom stereocenters. The Hall–Kier alpha value is -1.29. The van der Waals surface area contributed by atoms with E-state index in [0.717, 1.165) is 5.69 Å². The van der Waals surface area contributed by atoms with Crippen LogP contribution < -0.4 is 5.73 Å². The Morgan fingerprint density at radius 1 is 1.53 bits per heavy atom. The van der Waals surface area contributed by atoms with Crippen molar-refractivity contribution in [2.45, 2.75) is 32.7 Å². The average Bonchev–Trinajstić information content (AvgIpc) is 2.41. The van der Waals surface area contributed by atoms with Gasteiger partial charge in [-0.1, -0.05) is 20.8 Å². The van der Waals surface area contributed by atoms with Gasteiger partial charge in [-0.05, 0) is 11.6 Å². The summed E-state index contributed by atoms with van der Waals surface area (Å²) in [6, 6.07) is 1.88. The predicted molar refractivity (Wildman–Crippen MR) is 59.0 cm³/mol. The molecule has 0 aliphatic rings. The van der Waals surface area contributed by atoms with Gasteiger partial charge in [-0.3, -0.25) is 0 Å². The largest absolute Gasteiger partial charge is 0.477 e. The van der Waals surface area contributed by atoms with Crippen molar-refractivity contribution in [1.29, 1.82) is 0 Å². The summed E-state index contributed by atoms with van der Waals surface area (Å²) in [5.41, 5.74) is 7.43. The van der Waals surface area contributed by atoms with Crippen molar-refractivity contribution in [2.24, 2.45) is 12.8 Å². The molecule has 0 aromatic carbocycles. The summed E-state index contributed by atoms with van der Waals surface area (Å²) in [5, 5.41) is 9.08. The van der Waals surface area contributed by atoms with Gasteiger partial charge in [0.25, 0.3) is 0 Å². The fraction of sp³-hybridized carbons (Fsp3) is 0.545. The lowest BCUT2D eigenvalue weighted by molar-refractivity contribution is 0.0684. The summed E-state index contributed by atoms with van der Waals surface area (Å²) in [6.07, 6.45) is 0. The molecule has 1 rings (SSSR count). The van der Waals surface area contributed by atoms with Gasteiger partial charge in [0, 0.05) is 24.7 Å². The van der Waals surface area contributed by atoms with E-state index in [1.54, 1.807) is 11.6 Å². The summed E-state index contributed by atoms with van der Waals surface area (Å²) >= 11 is 0. The van der Waals surface area contributed by atoms with E-state index in [2.05, 4.69) is 0 Å². The fourth-order valence-electron chi connectivity index (χ4n) is 1.82. The van der Waals surface area contributed by atoms with Crippen LogP contribution in [0.5, 0.6) is 0 Å². The van der Waals surface area contributed by atoms with Gasteiger partial charge in [-0.15, -0.1) is 0 Å². The van der Waals surface area contributed by atoms with Crippen LogP contribution in [0.2, 0.25) is 0 Å². The Labute approximate surface area is 89.7 Å². The maximum atomic E-state index is 11.1. The number of carbonyl (C=O) groups is 1. The van der Waals surface area contributed by atoms with Gasteiger partial charge < -0.3 is 15.4 Å². The zero-order valence-corrected chi connectivity index (χ0v) is 9.66. The summed E-state index contributed by atoms with van der Waals surface area (Å²) in [6.45, 7) is 6.41. The Morgan fingerprint density at radius 2 is 2.07 bits per heavy atom. The van der Waals surface area contributed by atoms with Crippen LogP contribution >= 0.6 is 0 Å². The van der Waals surface area contributed by atoms with Crippen molar-refractivity contribution in [3.05, 3.63) is 23.0 Å². The fourth-order valence-corrected chi connectivity index (χ4v) is 1.82. The Bertz CT molecular complexity index is 386. The van der Waals surface area contributed by atoms with Gasteiger partial charge >= 0.3 is 5.97 Å². The molecule has 0 aliphatic heterocycles. The van der Waals surface area contributed by atoms with E-state index in [-0.39, 0.29) is 12.0 Å². The van der Waals surface area contributed by atoms with E-state index in [0.29, 0.717) is 11.3 Å². The third kappa shape index (κ3) is 2.04. The van der Waals surface area contributed by atoms with Crippen molar-refractivity contribution in [1.82, 2.24) is 4.57 Å². The third-order valence-electron chi connectivity index (χ3n) is 2.50. The molecule has 4 nitrogen and oxygen atoms in total. The highest BCUT2D eigenvalue weighted by Crippen LogP contribution is 2.26. The molecule has 0 saturated carbocycles. The number of rotatable bonds is 2. The van der Waals surface area contributed by atoms with Crippen LogP contribution in [-0.2, 0) is 19.0 Å². The molecule has 0 amide bonds. The standard InChI is InChI=1S/C11H18N2O2/c1-11(2,3)8-5-7(6-12)9(10(14)15)13(8)4/h5H,6,12H2,1-4H3,(H,14,15). The zero-order valence-electron chi connectivity index (χ0n) is 9.66. The minimum absolute atomic E-state index is 0.0770. The van der Waals surface area contributed by atoms with Crippen LogP contribution in [0, 0.1) is 0 Å². The SMILES string of the molecule is Cn1c(C(C)(C)C)cc(CN)c1C(=O)O. The van der Waals surface area contributed by atoms with E-state index >= 15 is 0 Å². The minimum Gasteiger partial charge on any atom is -0.477 e. The molecule has 3 N–H and O–H groups in total. The second-order valence-corrected chi connectivity index (χ2v) is 4.72. The van der Waals surface area contributed by atoms with Crippen LogP contribution in [0.25, 0.3) is 0 Å². The highest BCUT2D eigenvalue weighted by atomic mass is 16.4.